The van der Waals surface area contributed by atoms with E-state index in [0.29, 0.717) is 5.56 Å². The number of amides is 1. The van der Waals surface area contributed by atoms with E-state index in [9.17, 15) is 4.79 Å². The van der Waals surface area contributed by atoms with Crippen molar-refractivity contribution in [3.05, 3.63) is 33.8 Å². The van der Waals surface area contributed by atoms with Gasteiger partial charge >= 0.3 is 0 Å². The molecule has 0 radical (unpaired) electrons. The van der Waals surface area contributed by atoms with Gasteiger partial charge in [-0.05, 0) is 44.5 Å². The number of carbonyl (C=O) groups is 1. The van der Waals surface area contributed by atoms with Crippen molar-refractivity contribution >= 4 is 37.8 Å². The first kappa shape index (κ1) is 14.7. The van der Waals surface area contributed by atoms with E-state index in [-0.39, 0.29) is 11.4 Å². The number of halogens is 2. The van der Waals surface area contributed by atoms with Crippen molar-refractivity contribution < 1.29 is 4.79 Å². The molecule has 0 aliphatic heterocycles. The van der Waals surface area contributed by atoms with E-state index in [2.05, 4.69) is 31.9 Å². The lowest BCUT2D eigenvalue weighted by atomic mass is 10.0. The minimum absolute atomic E-state index is 0.0406. The van der Waals surface area contributed by atoms with Crippen LogP contribution in [0, 0.1) is 6.92 Å². The number of benzene rings is 1. The van der Waals surface area contributed by atoms with Crippen LogP contribution >= 0.6 is 31.9 Å². The maximum Gasteiger partial charge on any atom is 0.254 e. The van der Waals surface area contributed by atoms with Crippen molar-refractivity contribution in [2.45, 2.75) is 26.3 Å². The van der Waals surface area contributed by atoms with Crippen LogP contribution in [0.25, 0.3) is 0 Å². The van der Waals surface area contributed by atoms with Gasteiger partial charge in [-0.1, -0.05) is 31.9 Å². The van der Waals surface area contributed by atoms with Gasteiger partial charge in [0.15, 0.2) is 0 Å². The largest absolute Gasteiger partial charge is 0.336 e. The molecule has 0 saturated heterocycles. The summed E-state index contributed by atoms with van der Waals surface area (Å²) in [7, 11) is 1.83. The molecule has 0 spiro atoms. The van der Waals surface area contributed by atoms with Crippen molar-refractivity contribution in [2.24, 2.45) is 0 Å². The fourth-order valence-corrected chi connectivity index (χ4v) is 2.40. The second-order valence-electron chi connectivity index (χ2n) is 4.83. The molecule has 1 aromatic rings. The molecule has 1 rings (SSSR count). The molecule has 0 N–H and O–H groups in total. The standard InChI is InChI=1S/C13H17Br2NO/c1-9-5-10(7-11(15)6-9)12(17)16(4)13(2,3)8-14/h5-7H,8H2,1-4H3. The fourth-order valence-electron chi connectivity index (χ4n) is 1.42. The lowest BCUT2D eigenvalue weighted by Gasteiger charge is -2.34. The van der Waals surface area contributed by atoms with Crippen molar-refractivity contribution in [1.29, 1.82) is 0 Å². The first-order valence-corrected chi connectivity index (χ1v) is 7.30. The lowest BCUT2D eigenvalue weighted by Crippen LogP contribution is -2.46. The van der Waals surface area contributed by atoms with E-state index in [1.807, 2.05) is 46.0 Å². The second-order valence-corrected chi connectivity index (χ2v) is 6.30. The average Bonchev–Trinajstić information content (AvgIpc) is 2.25. The van der Waals surface area contributed by atoms with E-state index >= 15 is 0 Å². The lowest BCUT2D eigenvalue weighted by molar-refractivity contribution is 0.0663. The molecule has 0 unspecified atom stereocenters. The Morgan fingerprint density at radius 3 is 2.41 bits per heavy atom. The molecule has 0 aliphatic rings. The minimum atomic E-state index is -0.201. The summed E-state index contributed by atoms with van der Waals surface area (Å²) in [5.41, 5.74) is 1.59. The van der Waals surface area contributed by atoms with E-state index < -0.39 is 0 Å². The zero-order chi connectivity index (χ0) is 13.2. The van der Waals surface area contributed by atoms with Gasteiger partial charge < -0.3 is 4.90 Å². The van der Waals surface area contributed by atoms with Crippen LogP contribution in [0.5, 0.6) is 0 Å². The molecule has 1 amide bonds. The van der Waals surface area contributed by atoms with Gasteiger partial charge in [0.05, 0.1) is 0 Å². The molecule has 94 valence electrons. The molecule has 0 aliphatic carbocycles. The highest BCUT2D eigenvalue weighted by atomic mass is 79.9. The van der Waals surface area contributed by atoms with E-state index in [1.54, 1.807) is 4.90 Å². The number of carbonyl (C=O) groups excluding carboxylic acids is 1. The van der Waals surface area contributed by atoms with Gasteiger partial charge in [0.25, 0.3) is 5.91 Å². The third kappa shape index (κ3) is 3.55. The second kappa shape index (κ2) is 5.53. The van der Waals surface area contributed by atoms with Gasteiger partial charge in [-0.3, -0.25) is 4.79 Å². The summed E-state index contributed by atoms with van der Waals surface area (Å²) in [4.78, 5) is 14.1. The summed E-state index contributed by atoms with van der Waals surface area (Å²) in [6.45, 7) is 6.05. The monoisotopic (exact) mass is 361 g/mol. The Morgan fingerprint density at radius 2 is 1.94 bits per heavy atom. The molecular formula is C13H17Br2NO. The third-order valence-electron chi connectivity index (χ3n) is 2.83. The Bertz CT molecular complexity index is 409. The normalized spacial score (nSPS) is 11.4. The zero-order valence-corrected chi connectivity index (χ0v) is 13.7. The van der Waals surface area contributed by atoms with Crippen molar-refractivity contribution in [1.82, 2.24) is 4.90 Å². The Labute approximate surface area is 120 Å². The minimum Gasteiger partial charge on any atom is -0.336 e. The highest BCUT2D eigenvalue weighted by molar-refractivity contribution is 9.10. The summed E-state index contributed by atoms with van der Waals surface area (Å²) < 4.78 is 0.936. The molecule has 0 saturated carbocycles. The molecule has 0 aromatic heterocycles. The highest BCUT2D eigenvalue weighted by Crippen LogP contribution is 2.21. The topological polar surface area (TPSA) is 20.3 Å². The molecular weight excluding hydrogens is 346 g/mol. The fraction of sp³-hybridized carbons (Fsp3) is 0.462. The van der Waals surface area contributed by atoms with Crippen LogP contribution in [0.2, 0.25) is 0 Å². The predicted molar refractivity (Wildman–Crippen MR) is 78.8 cm³/mol. The Kier molecular flexibility index (Phi) is 4.78. The van der Waals surface area contributed by atoms with E-state index in [4.69, 9.17) is 0 Å². The first-order chi connectivity index (χ1) is 7.77. The van der Waals surface area contributed by atoms with Gasteiger partial charge in [-0.2, -0.15) is 0 Å². The maximum atomic E-state index is 12.3. The first-order valence-electron chi connectivity index (χ1n) is 5.39. The number of hydrogen-bond acceptors (Lipinski definition) is 1. The van der Waals surface area contributed by atoms with Gasteiger partial charge in [0, 0.05) is 28.0 Å². The van der Waals surface area contributed by atoms with Crippen LogP contribution < -0.4 is 0 Å². The molecule has 0 heterocycles. The Morgan fingerprint density at radius 1 is 1.35 bits per heavy atom. The maximum absolute atomic E-state index is 12.3. The summed E-state index contributed by atoms with van der Waals surface area (Å²) in [6, 6.07) is 5.76. The Hall–Kier alpha value is -0.350. The number of nitrogens with zero attached hydrogens (tertiary/aromatic N) is 1. The number of rotatable bonds is 3. The highest BCUT2D eigenvalue weighted by Gasteiger charge is 2.27. The van der Waals surface area contributed by atoms with Crippen LogP contribution in [0.4, 0.5) is 0 Å². The van der Waals surface area contributed by atoms with Crippen molar-refractivity contribution in [3.8, 4) is 0 Å². The third-order valence-corrected chi connectivity index (χ3v) is 4.66. The molecule has 2 nitrogen and oxygen atoms in total. The van der Waals surface area contributed by atoms with Crippen LogP contribution in [0.3, 0.4) is 0 Å². The smallest absolute Gasteiger partial charge is 0.254 e. The molecule has 0 bridgehead atoms. The number of alkyl halides is 1. The molecule has 17 heavy (non-hydrogen) atoms. The van der Waals surface area contributed by atoms with Crippen LogP contribution in [0.1, 0.15) is 29.8 Å². The van der Waals surface area contributed by atoms with Gasteiger partial charge in [-0.15, -0.1) is 0 Å². The van der Waals surface area contributed by atoms with Crippen LogP contribution in [0.15, 0.2) is 22.7 Å². The number of aryl methyl sites for hydroxylation is 1. The molecule has 0 atom stereocenters. The quantitative estimate of drug-likeness (QED) is 0.744. The molecule has 0 fully saturated rings. The van der Waals surface area contributed by atoms with Crippen molar-refractivity contribution in [3.63, 3.8) is 0 Å². The number of hydrogen-bond donors (Lipinski definition) is 0. The summed E-state index contributed by atoms with van der Waals surface area (Å²) in [5.74, 6) is 0.0406. The molecule has 1 aromatic carbocycles. The van der Waals surface area contributed by atoms with Gasteiger partial charge in [0.2, 0.25) is 0 Å². The average molecular weight is 363 g/mol. The zero-order valence-electron chi connectivity index (χ0n) is 10.6. The van der Waals surface area contributed by atoms with E-state index in [1.165, 1.54) is 0 Å². The van der Waals surface area contributed by atoms with Crippen LogP contribution in [-0.4, -0.2) is 28.7 Å². The van der Waals surface area contributed by atoms with E-state index in [0.717, 1.165) is 15.4 Å². The van der Waals surface area contributed by atoms with Crippen LogP contribution in [-0.2, 0) is 0 Å². The summed E-state index contributed by atoms with van der Waals surface area (Å²) >= 11 is 6.86. The van der Waals surface area contributed by atoms with Gasteiger partial charge in [0.1, 0.15) is 0 Å². The summed E-state index contributed by atoms with van der Waals surface area (Å²) in [6.07, 6.45) is 0. The molecule has 4 heteroatoms. The summed E-state index contributed by atoms with van der Waals surface area (Å²) in [5, 5.41) is 0.745. The Balaban J connectivity index is 3.04. The SMILES string of the molecule is Cc1cc(Br)cc(C(=O)N(C)C(C)(C)CBr)c1. The van der Waals surface area contributed by atoms with Gasteiger partial charge in [-0.25, -0.2) is 0 Å². The van der Waals surface area contributed by atoms with Crippen molar-refractivity contribution in [2.75, 3.05) is 12.4 Å². The predicted octanol–water partition coefficient (Wildman–Crippen LogP) is 4.00.